The third-order valence-electron chi connectivity index (χ3n) is 3.24. The highest BCUT2D eigenvalue weighted by molar-refractivity contribution is 6.03. The number of benzene rings is 2. The predicted octanol–water partition coefficient (Wildman–Crippen LogP) is 3.18. The van der Waals surface area contributed by atoms with Crippen molar-refractivity contribution >= 4 is 23.6 Å². The second-order valence-corrected chi connectivity index (χ2v) is 5.26. The number of carbonyl (C=O) groups is 3. The maximum atomic E-state index is 12.1. The zero-order valence-electron chi connectivity index (χ0n) is 14.1. The molecular formula is C18H16F2N2O5. The molecule has 0 fully saturated rings. The largest absolute Gasteiger partial charge is 0.449 e. The third-order valence-corrected chi connectivity index (χ3v) is 3.24. The zero-order valence-corrected chi connectivity index (χ0v) is 14.1. The maximum absolute atomic E-state index is 12.1. The van der Waals surface area contributed by atoms with Gasteiger partial charge in [-0.3, -0.25) is 10.1 Å². The van der Waals surface area contributed by atoms with Gasteiger partial charge in [-0.05, 0) is 43.3 Å². The van der Waals surface area contributed by atoms with Crippen molar-refractivity contribution in [1.82, 2.24) is 5.32 Å². The zero-order chi connectivity index (χ0) is 19.8. The molecule has 142 valence electrons. The van der Waals surface area contributed by atoms with E-state index in [4.69, 9.17) is 4.74 Å². The Bertz CT molecular complexity index is 797. The minimum absolute atomic E-state index is 0.0324. The van der Waals surface area contributed by atoms with E-state index in [1.807, 2.05) is 5.32 Å². The predicted molar refractivity (Wildman–Crippen MR) is 91.6 cm³/mol. The van der Waals surface area contributed by atoms with Crippen LogP contribution < -0.4 is 15.4 Å². The number of ether oxygens (including phenoxy) is 2. The number of rotatable bonds is 6. The summed E-state index contributed by atoms with van der Waals surface area (Å²) in [4.78, 5) is 35.7. The molecular weight excluding hydrogens is 362 g/mol. The summed E-state index contributed by atoms with van der Waals surface area (Å²) < 4.78 is 33.3. The number of imide groups is 1. The fourth-order valence-corrected chi connectivity index (χ4v) is 1.95. The van der Waals surface area contributed by atoms with E-state index in [9.17, 15) is 23.2 Å². The van der Waals surface area contributed by atoms with Gasteiger partial charge < -0.3 is 14.8 Å². The summed E-state index contributed by atoms with van der Waals surface area (Å²) in [5, 5.41) is 4.49. The molecule has 2 N–H and O–H groups in total. The van der Waals surface area contributed by atoms with Crippen molar-refractivity contribution < 1.29 is 32.6 Å². The lowest BCUT2D eigenvalue weighted by Crippen LogP contribution is -2.41. The van der Waals surface area contributed by atoms with Gasteiger partial charge in [0.2, 0.25) is 0 Å². The van der Waals surface area contributed by atoms with E-state index < -0.39 is 30.6 Å². The van der Waals surface area contributed by atoms with E-state index in [0.717, 1.165) is 0 Å². The van der Waals surface area contributed by atoms with Crippen LogP contribution in [0.4, 0.5) is 19.3 Å². The summed E-state index contributed by atoms with van der Waals surface area (Å²) in [5.74, 6) is -1.80. The molecule has 9 heteroatoms. The van der Waals surface area contributed by atoms with Crippen molar-refractivity contribution in [2.45, 2.75) is 19.6 Å². The molecule has 0 aliphatic rings. The fraction of sp³-hybridized carbons (Fsp3) is 0.167. The lowest BCUT2D eigenvalue weighted by molar-refractivity contribution is -0.127. The van der Waals surface area contributed by atoms with Crippen LogP contribution in [0.1, 0.15) is 17.3 Å². The first-order valence-electron chi connectivity index (χ1n) is 7.78. The van der Waals surface area contributed by atoms with E-state index in [1.54, 1.807) is 30.3 Å². The molecule has 0 radical (unpaired) electrons. The summed E-state index contributed by atoms with van der Waals surface area (Å²) >= 11 is 0. The molecule has 0 aromatic heterocycles. The van der Waals surface area contributed by atoms with E-state index in [2.05, 4.69) is 10.1 Å². The van der Waals surface area contributed by atoms with E-state index in [-0.39, 0.29) is 11.3 Å². The number of hydrogen-bond acceptors (Lipinski definition) is 5. The summed E-state index contributed by atoms with van der Waals surface area (Å²) in [7, 11) is 0. The average Bonchev–Trinajstić information content (AvgIpc) is 2.62. The van der Waals surface area contributed by atoms with Crippen LogP contribution in [0.25, 0.3) is 0 Å². The Hall–Kier alpha value is -3.49. The van der Waals surface area contributed by atoms with E-state index >= 15 is 0 Å². The number of anilines is 1. The Morgan fingerprint density at radius 1 is 0.963 bits per heavy atom. The van der Waals surface area contributed by atoms with E-state index in [0.29, 0.717) is 5.69 Å². The Morgan fingerprint density at radius 2 is 1.59 bits per heavy atom. The van der Waals surface area contributed by atoms with Crippen molar-refractivity contribution in [2.75, 3.05) is 5.32 Å². The van der Waals surface area contributed by atoms with Crippen LogP contribution in [0.3, 0.4) is 0 Å². The summed E-state index contributed by atoms with van der Waals surface area (Å²) in [6.45, 7) is -1.69. The molecule has 2 aromatic carbocycles. The van der Waals surface area contributed by atoms with Gasteiger partial charge in [0, 0.05) is 5.69 Å². The van der Waals surface area contributed by atoms with Gasteiger partial charge in [0.25, 0.3) is 5.91 Å². The molecule has 1 atom stereocenters. The van der Waals surface area contributed by atoms with Gasteiger partial charge in [-0.2, -0.15) is 8.78 Å². The Labute approximate surface area is 153 Å². The molecule has 3 amide bonds. The smallest absolute Gasteiger partial charge is 0.387 e. The van der Waals surface area contributed by atoms with Crippen molar-refractivity contribution in [3.63, 3.8) is 0 Å². The molecule has 0 aliphatic carbocycles. The van der Waals surface area contributed by atoms with Gasteiger partial charge in [-0.1, -0.05) is 18.2 Å². The lowest BCUT2D eigenvalue weighted by atomic mass is 10.2. The molecule has 7 nitrogen and oxygen atoms in total. The highest BCUT2D eigenvalue weighted by atomic mass is 19.3. The van der Waals surface area contributed by atoms with Gasteiger partial charge in [-0.15, -0.1) is 0 Å². The molecule has 2 aromatic rings. The molecule has 0 spiro atoms. The normalized spacial score (nSPS) is 11.4. The van der Waals surface area contributed by atoms with Crippen LogP contribution in [-0.2, 0) is 9.53 Å². The molecule has 2 rings (SSSR count). The Balaban J connectivity index is 1.85. The number of alkyl halides is 2. The second kappa shape index (κ2) is 9.27. The number of hydrogen-bond donors (Lipinski definition) is 2. The van der Waals surface area contributed by atoms with Crippen LogP contribution >= 0.6 is 0 Å². The van der Waals surface area contributed by atoms with Crippen molar-refractivity contribution in [3.8, 4) is 5.75 Å². The highest BCUT2D eigenvalue weighted by Gasteiger charge is 2.21. The van der Waals surface area contributed by atoms with Crippen molar-refractivity contribution in [1.29, 1.82) is 0 Å². The van der Waals surface area contributed by atoms with Gasteiger partial charge in [0.15, 0.2) is 6.10 Å². The summed E-state index contributed by atoms with van der Waals surface area (Å²) in [6, 6.07) is 12.4. The average molecular weight is 378 g/mol. The molecule has 0 saturated heterocycles. The first-order valence-corrected chi connectivity index (χ1v) is 7.78. The second-order valence-electron chi connectivity index (χ2n) is 5.26. The molecule has 0 aliphatic heterocycles. The summed E-state index contributed by atoms with van der Waals surface area (Å²) in [6.07, 6.45) is -1.25. The van der Waals surface area contributed by atoms with Gasteiger partial charge >= 0.3 is 18.6 Å². The van der Waals surface area contributed by atoms with Crippen LogP contribution in [0.15, 0.2) is 54.6 Å². The van der Waals surface area contributed by atoms with E-state index in [1.165, 1.54) is 31.2 Å². The lowest BCUT2D eigenvalue weighted by Gasteiger charge is -2.13. The minimum atomic E-state index is -2.98. The van der Waals surface area contributed by atoms with Crippen LogP contribution in [0.5, 0.6) is 5.75 Å². The molecule has 27 heavy (non-hydrogen) atoms. The minimum Gasteiger partial charge on any atom is -0.449 e. The van der Waals surface area contributed by atoms with Crippen molar-refractivity contribution in [3.05, 3.63) is 60.2 Å². The molecule has 0 saturated carbocycles. The number of nitrogens with one attached hydrogen (secondary N) is 2. The molecule has 1 unspecified atom stereocenters. The number of urea groups is 1. The first-order chi connectivity index (χ1) is 12.8. The number of carbonyl (C=O) groups excluding carboxylic acids is 3. The first kappa shape index (κ1) is 19.8. The topological polar surface area (TPSA) is 93.7 Å². The number of para-hydroxylation sites is 1. The monoisotopic (exact) mass is 378 g/mol. The number of amides is 3. The fourth-order valence-electron chi connectivity index (χ4n) is 1.95. The van der Waals surface area contributed by atoms with Crippen LogP contribution in [0.2, 0.25) is 0 Å². The summed E-state index contributed by atoms with van der Waals surface area (Å²) in [5.41, 5.74) is 0.517. The van der Waals surface area contributed by atoms with Gasteiger partial charge in [-0.25, -0.2) is 9.59 Å². The highest BCUT2D eigenvalue weighted by Crippen LogP contribution is 2.16. The van der Waals surface area contributed by atoms with Crippen LogP contribution in [-0.4, -0.2) is 30.6 Å². The van der Waals surface area contributed by atoms with Gasteiger partial charge in [0.05, 0.1) is 5.56 Å². The Kier molecular flexibility index (Phi) is 6.81. The molecule has 0 heterocycles. The Morgan fingerprint density at radius 3 is 2.19 bits per heavy atom. The number of halogens is 2. The number of esters is 1. The maximum Gasteiger partial charge on any atom is 0.387 e. The molecule has 0 bridgehead atoms. The van der Waals surface area contributed by atoms with Gasteiger partial charge in [0.1, 0.15) is 5.75 Å². The standard InChI is InChI=1S/C18H16F2N2O5/c1-11(15(23)22-18(25)21-13-5-3-2-4-6-13)26-16(24)12-7-9-14(10-8-12)27-17(19)20/h2-11,17H,1H3,(H2,21,22,23,25). The van der Waals surface area contributed by atoms with Crippen molar-refractivity contribution in [2.24, 2.45) is 0 Å². The van der Waals surface area contributed by atoms with Crippen LogP contribution in [0, 0.1) is 0 Å². The quantitative estimate of drug-likeness (QED) is 0.753. The SMILES string of the molecule is CC(OC(=O)c1ccc(OC(F)F)cc1)C(=O)NC(=O)Nc1ccccc1. The third kappa shape index (κ3) is 6.38.